The number of anilines is 1. The van der Waals surface area contributed by atoms with E-state index in [1.165, 1.54) is 35.0 Å². The smallest absolute Gasteiger partial charge is 0.287 e. The van der Waals surface area contributed by atoms with Crippen LogP contribution in [0.1, 0.15) is 21.6 Å². The molecule has 2 amide bonds. The van der Waals surface area contributed by atoms with E-state index < -0.39 is 16.7 Å². The summed E-state index contributed by atoms with van der Waals surface area (Å²) in [5.41, 5.74) is 3.02. The third-order valence-corrected chi connectivity index (χ3v) is 5.69. The Labute approximate surface area is 183 Å². The molecular formula is C22H22N4O4S. The van der Waals surface area contributed by atoms with Gasteiger partial charge in [-0.2, -0.15) is 0 Å². The number of carbonyl (C=O) groups is 2. The van der Waals surface area contributed by atoms with Crippen LogP contribution < -0.4 is 10.6 Å². The monoisotopic (exact) mass is 438 g/mol. The summed E-state index contributed by atoms with van der Waals surface area (Å²) in [6.07, 6.45) is 1.24. The molecule has 1 heterocycles. The number of rotatable bonds is 7. The maximum Gasteiger partial charge on any atom is 0.287 e. The van der Waals surface area contributed by atoms with Crippen molar-refractivity contribution in [2.75, 3.05) is 11.9 Å². The number of benzene rings is 2. The number of carbonyl (C=O) groups excluding carboxylic acids is 2. The van der Waals surface area contributed by atoms with Gasteiger partial charge in [0.2, 0.25) is 5.91 Å². The predicted molar refractivity (Wildman–Crippen MR) is 120 cm³/mol. The van der Waals surface area contributed by atoms with Gasteiger partial charge in [0.15, 0.2) is 0 Å². The first kappa shape index (κ1) is 22.1. The summed E-state index contributed by atoms with van der Waals surface area (Å²) >= 11 is 1.64. The molecule has 3 rings (SSSR count). The van der Waals surface area contributed by atoms with Crippen LogP contribution in [0.5, 0.6) is 0 Å². The first-order valence-electron chi connectivity index (χ1n) is 9.47. The highest BCUT2D eigenvalue weighted by molar-refractivity contribution is 7.99. The lowest BCUT2D eigenvalue weighted by Crippen LogP contribution is -2.33. The van der Waals surface area contributed by atoms with E-state index in [0.717, 1.165) is 9.79 Å². The SMILES string of the molecule is Cc1ccc(Sc2ccc(NC(=O)CNC(=O)c3cc([N+](=O)[O-])cn3C)cc2)cc1C. The molecule has 0 unspecified atom stereocenters. The molecule has 2 aromatic carbocycles. The molecule has 0 radical (unpaired) electrons. The first-order chi connectivity index (χ1) is 14.7. The minimum Gasteiger partial charge on any atom is -0.342 e. The van der Waals surface area contributed by atoms with Crippen molar-refractivity contribution < 1.29 is 14.5 Å². The summed E-state index contributed by atoms with van der Waals surface area (Å²) in [7, 11) is 1.53. The fourth-order valence-corrected chi connectivity index (χ4v) is 3.76. The highest BCUT2D eigenvalue weighted by Gasteiger charge is 2.18. The highest BCUT2D eigenvalue weighted by atomic mass is 32.2. The molecule has 1 aromatic heterocycles. The van der Waals surface area contributed by atoms with Gasteiger partial charge in [0.25, 0.3) is 11.6 Å². The van der Waals surface area contributed by atoms with Crippen molar-refractivity contribution >= 4 is 35.0 Å². The molecule has 0 spiro atoms. The van der Waals surface area contributed by atoms with Gasteiger partial charge in [-0.05, 0) is 61.4 Å². The lowest BCUT2D eigenvalue weighted by atomic mass is 10.1. The number of aromatic nitrogens is 1. The molecule has 0 aliphatic rings. The van der Waals surface area contributed by atoms with E-state index in [1.54, 1.807) is 23.9 Å². The Kier molecular flexibility index (Phi) is 6.76. The van der Waals surface area contributed by atoms with Gasteiger partial charge in [-0.1, -0.05) is 17.8 Å². The van der Waals surface area contributed by atoms with E-state index in [2.05, 4.69) is 42.7 Å². The molecule has 2 N–H and O–H groups in total. The molecule has 0 bridgehead atoms. The Bertz CT molecular complexity index is 1140. The average molecular weight is 439 g/mol. The molecule has 0 aliphatic carbocycles. The molecule has 0 aliphatic heterocycles. The van der Waals surface area contributed by atoms with Crippen molar-refractivity contribution in [2.45, 2.75) is 23.6 Å². The topological polar surface area (TPSA) is 106 Å². The number of hydrogen-bond acceptors (Lipinski definition) is 5. The quantitative estimate of drug-likeness (QED) is 0.427. The third-order valence-electron chi connectivity index (χ3n) is 4.70. The van der Waals surface area contributed by atoms with Crippen LogP contribution in [0, 0.1) is 24.0 Å². The van der Waals surface area contributed by atoms with Gasteiger partial charge in [0.05, 0.1) is 17.7 Å². The second-order valence-electron chi connectivity index (χ2n) is 7.05. The number of nitro groups is 1. The van der Waals surface area contributed by atoms with E-state index in [1.807, 2.05) is 12.1 Å². The van der Waals surface area contributed by atoms with Gasteiger partial charge in [-0.3, -0.25) is 19.7 Å². The number of nitrogens with zero attached hydrogens (tertiary/aromatic N) is 2. The van der Waals surface area contributed by atoms with Gasteiger partial charge >= 0.3 is 0 Å². The second-order valence-corrected chi connectivity index (χ2v) is 8.20. The Morgan fingerprint density at radius 1 is 1.03 bits per heavy atom. The zero-order valence-electron chi connectivity index (χ0n) is 17.3. The second kappa shape index (κ2) is 9.48. The van der Waals surface area contributed by atoms with Crippen LogP contribution in [0.4, 0.5) is 11.4 Å². The fourth-order valence-electron chi connectivity index (χ4n) is 2.85. The maximum absolute atomic E-state index is 12.2. The number of aryl methyl sites for hydroxylation is 3. The fraction of sp³-hybridized carbons (Fsp3) is 0.182. The molecule has 31 heavy (non-hydrogen) atoms. The zero-order valence-corrected chi connectivity index (χ0v) is 18.2. The molecular weight excluding hydrogens is 416 g/mol. The Morgan fingerprint density at radius 3 is 2.32 bits per heavy atom. The van der Waals surface area contributed by atoms with Crippen molar-refractivity contribution in [2.24, 2.45) is 7.05 Å². The molecule has 0 saturated carbocycles. The van der Waals surface area contributed by atoms with E-state index >= 15 is 0 Å². The lowest BCUT2D eigenvalue weighted by Gasteiger charge is -2.09. The molecule has 0 saturated heterocycles. The van der Waals surface area contributed by atoms with Crippen LogP contribution in [0.2, 0.25) is 0 Å². The van der Waals surface area contributed by atoms with E-state index in [4.69, 9.17) is 0 Å². The number of amides is 2. The largest absolute Gasteiger partial charge is 0.342 e. The van der Waals surface area contributed by atoms with Gasteiger partial charge in [0.1, 0.15) is 5.69 Å². The molecule has 0 atom stereocenters. The molecule has 160 valence electrons. The third kappa shape index (κ3) is 5.73. The van der Waals surface area contributed by atoms with Crippen molar-refractivity contribution in [1.82, 2.24) is 9.88 Å². The highest BCUT2D eigenvalue weighted by Crippen LogP contribution is 2.29. The first-order valence-corrected chi connectivity index (χ1v) is 10.3. The average Bonchev–Trinajstić information content (AvgIpc) is 3.12. The van der Waals surface area contributed by atoms with Crippen LogP contribution >= 0.6 is 11.8 Å². The number of nitrogens with one attached hydrogen (secondary N) is 2. The van der Waals surface area contributed by atoms with Crippen LogP contribution in [-0.2, 0) is 11.8 Å². The molecule has 0 fully saturated rings. The van der Waals surface area contributed by atoms with Gasteiger partial charge in [-0.15, -0.1) is 0 Å². The molecule has 3 aromatic rings. The summed E-state index contributed by atoms with van der Waals surface area (Å²) < 4.78 is 1.34. The summed E-state index contributed by atoms with van der Waals surface area (Å²) in [6.45, 7) is 3.90. The molecule has 9 heteroatoms. The zero-order chi connectivity index (χ0) is 22.5. The summed E-state index contributed by atoms with van der Waals surface area (Å²) in [5, 5.41) is 16.0. The van der Waals surface area contributed by atoms with Crippen molar-refractivity contribution in [3.05, 3.63) is 81.7 Å². The summed E-state index contributed by atoms with van der Waals surface area (Å²) in [6, 6.07) is 14.9. The lowest BCUT2D eigenvalue weighted by molar-refractivity contribution is -0.384. The molecule has 8 nitrogen and oxygen atoms in total. The normalized spacial score (nSPS) is 10.5. The van der Waals surface area contributed by atoms with Crippen molar-refractivity contribution in [1.29, 1.82) is 0 Å². The Balaban J connectivity index is 1.53. The predicted octanol–water partition coefficient (Wildman–Crippen LogP) is 4.07. The Hall–Kier alpha value is -3.59. The van der Waals surface area contributed by atoms with Gasteiger partial charge in [-0.25, -0.2) is 0 Å². The van der Waals surface area contributed by atoms with Crippen LogP contribution in [-0.4, -0.2) is 27.8 Å². The van der Waals surface area contributed by atoms with Crippen molar-refractivity contribution in [3.63, 3.8) is 0 Å². The number of hydrogen-bond donors (Lipinski definition) is 2. The Morgan fingerprint density at radius 2 is 1.71 bits per heavy atom. The van der Waals surface area contributed by atoms with Crippen molar-refractivity contribution in [3.8, 4) is 0 Å². The van der Waals surface area contributed by atoms with E-state index in [9.17, 15) is 19.7 Å². The van der Waals surface area contributed by atoms with E-state index in [-0.39, 0.29) is 17.9 Å². The van der Waals surface area contributed by atoms with Gasteiger partial charge in [0, 0.05) is 28.6 Å². The minimum atomic E-state index is -0.578. The van der Waals surface area contributed by atoms with Crippen LogP contribution in [0.25, 0.3) is 0 Å². The minimum absolute atomic E-state index is 0.104. The summed E-state index contributed by atoms with van der Waals surface area (Å²) in [4.78, 5) is 36.7. The van der Waals surface area contributed by atoms with Gasteiger partial charge < -0.3 is 15.2 Å². The van der Waals surface area contributed by atoms with Crippen LogP contribution in [0.3, 0.4) is 0 Å². The summed E-state index contributed by atoms with van der Waals surface area (Å²) in [5.74, 6) is -0.961. The van der Waals surface area contributed by atoms with Crippen LogP contribution in [0.15, 0.2) is 64.5 Å². The van der Waals surface area contributed by atoms with E-state index in [0.29, 0.717) is 5.69 Å². The maximum atomic E-state index is 12.2. The standard InChI is InChI=1S/C22H22N4O4S/c1-14-4-7-19(10-15(14)2)31-18-8-5-16(6-9-18)24-21(27)12-23-22(28)20-11-17(26(29)30)13-25(20)3/h4-11,13H,12H2,1-3H3,(H,23,28)(H,24,27).